The zero-order chi connectivity index (χ0) is 17.2. The third kappa shape index (κ3) is 5.76. The summed E-state index contributed by atoms with van der Waals surface area (Å²) in [5.74, 6) is 1.32. The van der Waals surface area contributed by atoms with E-state index in [0.29, 0.717) is 36.3 Å². The van der Waals surface area contributed by atoms with Crippen molar-refractivity contribution < 1.29 is 14.6 Å². The Morgan fingerprint density at radius 3 is 2.79 bits per heavy atom. The van der Waals surface area contributed by atoms with Gasteiger partial charge in [0.25, 0.3) is 0 Å². The summed E-state index contributed by atoms with van der Waals surface area (Å²) in [6.45, 7) is 3.32. The van der Waals surface area contributed by atoms with E-state index in [0.717, 1.165) is 11.1 Å². The Hall–Kier alpha value is -2.24. The van der Waals surface area contributed by atoms with E-state index in [4.69, 9.17) is 26.2 Å². The molecule has 0 aromatic heterocycles. The number of benzene rings is 2. The molecule has 0 radical (unpaired) electrons. The van der Waals surface area contributed by atoms with E-state index in [2.05, 4.69) is 10.5 Å². The molecule has 0 amide bonds. The summed E-state index contributed by atoms with van der Waals surface area (Å²) in [7, 11) is 0. The van der Waals surface area contributed by atoms with Gasteiger partial charge in [0.15, 0.2) is 11.5 Å². The van der Waals surface area contributed by atoms with Crippen molar-refractivity contribution in [1.29, 1.82) is 0 Å². The molecule has 0 aliphatic rings. The number of halogens is 1. The van der Waals surface area contributed by atoms with Gasteiger partial charge in [-0.2, -0.15) is 5.10 Å². The number of rotatable bonds is 9. The Morgan fingerprint density at radius 2 is 2.04 bits per heavy atom. The van der Waals surface area contributed by atoms with Gasteiger partial charge in [-0.15, -0.1) is 0 Å². The van der Waals surface area contributed by atoms with E-state index >= 15 is 0 Å². The van der Waals surface area contributed by atoms with E-state index in [1.165, 1.54) is 0 Å². The molecular weight excluding hydrogens is 328 g/mol. The summed E-state index contributed by atoms with van der Waals surface area (Å²) in [6, 6.07) is 13.2. The van der Waals surface area contributed by atoms with Crippen LogP contribution < -0.4 is 14.9 Å². The van der Waals surface area contributed by atoms with Crippen molar-refractivity contribution in [2.45, 2.75) is 13.5 Å². The molecule has 0 aliphatic heterocycles. The molecule has 2 N–H and O–H groups in total. The van der Waals surface area contributed by atoms with E-state index in [1.807, 2.05) is 49.4 Å². The molecule has 0 unspecified atom stereocenters. The fourth-order valence-electron chi connectivity index (χ4n) is 2.02. The lowest BCUT2D eigenvalue weighted by molar-refractivity contribution is 0.269. The van der Waals surface area contributed by atoms with Crippen molar-refractivity contribution in [3.8, 4) is 11.5 Å². The third-order valence-corrected chi connectivity index (χ3v) is 3.31. The number of nitrogens with one attached hydrogen (secondary N) is 1. The summed E-state index contributed by atoms with van der Waals surface area (Å²) in [5, 5.41) is 13.4. The second kappa shape index (κ2) is 9.80. The van der Waals surface area contributed by atoms with E-state index in [1.54, 1.807) is 6.21 Å². The van der Waals surface area contributed by atoms with Crippen molar-refractivity contribution >= 4 is 17.8 Å². The topological polar surface area (TPSA) is 63.1 Å². The number of nitrogens with zero attached hydrogens (tertiary/aromatic N) is 1. The number of hydrazone groups is 1. The smallest absolute Gasteiger partial charge is 0.161 e. The molecule has 24 heavy (non-hydrogen) atoms. The predicted octanol–water partition coefficient (Wildman–Crippen LogP) is 3.23. The Balaban J connectivity index is 2.06. The standard InChI is InChI=1S/C18H21ClN2O3/c1-2-23-18-11-14(12-21-20-8-9-22)6-7-17(18)24-13-15-4-3-5-16(19)10-15/h3-7,10-12,20,22H,2,8-9,13H2,1H3/b21-12+. The molecule has 0 saturated carbocycles. The summed E-state index contributed by atoms with van der Waals surface area (Å²) < 4.78 is 11.5. The monoisotopic (exact) mass is 348 g/mol. The first-order valence-corrected chi connectivity index (χ1v) is 8.11. The van der Waals surface area contributed by atoms with Crippen LogP contribution in [-0.2, 0) is 6.61 Å². The molecule has 0 saturated heterocycles. The largest absolute Gasteiger partial charge is 0.490 e. The highest BCUT2D eigenvalue weighted by Gasteiger charge is 2.06. The van der Waals surface area contributed by atoms with E-state index in [-0.39, 0.29) is 6.61 Å². The zero-order valence-corrected chi connectivity index (χ0v) is 14.3. The van der Waals surface area contributed by atoms with Gasteiger partial charge in [0, 0.05) is 5.02 Å². The van der Waals surface area contributed by atoms with Gasteiger partial charge in [-0.3, -0.25) is 0 Å². The van der Waals surface area contributed by atoms with Crippen molar-refractivity contribution in [2.75, 3.05) is 19.8 Å². The molecule has 128 valence electrons. The lowest BCUT2D eigenvalue weighted by Crippen LogP contribution is -2.11. The molecule has 0 bridgehead atoms. The Kier molecular flexibility index (Phi) is 7.39. The van der Waals surface area contributed by atoms with Gasteiger partial charge in [0.2, 0.25) is 0 Å². The first-order chi connectivity index (χ1) is 11.7. The van der Waals surface area contributed by atoms with Gasteiger partial charge in [0.1, 0.15) is 6.61 Å². The molecular formula is C18H21ClN2O3. The molecule has 0 atom stereocenters. The molecule has 0 heterocycles. The van der Waals surface area contributed by atoms with Gasteiger partial charge in [-0.25, -0.2) is 0 Å². The number of aliphatic hydroxyl groups is 1. The maximum absolute atomic E-state index is 8.70. The second-order valence-electron chi connectivity index (χ2n) is 4.95. The number of aliphatic hydroxyl groups excluding tert-OH is 1. The van der Waals surface area contributed by atoms with Crippen molar-refractivity contribution in [1.82, 2.24) is 5.43 Å². The van der Waals surface area contributed by atoms with Gasteiger partial charge >= 0.3 is 0 Å². The molecule has 0 aliphatic carbocycles. The molecule has 2 aromatic carbocycles. The SMILES string of the molecule is CCOc1cc(/C=N/NCCO)ccc1OCc1cccc(Cl)c1. The van der Waals surface area contributed by atoms with Crippen LogP contribution in [0, 0.1) is 0 Å². The van der Waals surface area contributed by atoms with Crippen LogP contribution in [-0.4, -0.2) is 31.1 Å². The van der Waals surface area contributed by atoms with E-state index in [9.17, 15) is 0 Å². The van der Waals surface area contributed by atoms with E-state index < -0.39 is 0 Å². The lowest BCUT2D eigenvalue weighted by Gasteiger charge is -2.12. The zero-order valence-electron chi connectivity index (χ0n) is 13.5. The second-order valence-corrected chi connectivity index (χ2v) is 5.38. The molecule has 6 heteroatoms. The van der Waals surface area contributed by atoms with Gasteiger partial charge in [-0.05, 0) is 48.4 Å². The molecule has 2 aromatic rings. The van der Waals surface area contributed by atoms with Crippen LogP contribution in [0.15, 0.2) is 47.6 Å². The Bertz CT molecular complexity index is 677. The van der Waals surface area contributed by atoms with Crippen molar-refractivity contribution in [2.24, 2.45) is 5.10 Å². The van der Waals surface area contributed by atoms with Crippen molar-refractivity contribution in [3.63, 3.8) is 0 Å². The lowest BCUT2D eigenvalue weighted by atomic mass is 10.2. The summed E-state index contributed by atoms with van der Waals surface area (Å²) in [4.78, 5) is 0. The average molecular weight is 349 g/mol. The van der Waals surface area contributed by atoms with Gasteiger partial charge in [0.05, 0.1) is 26.0 Å². The number of hydrogen-bond acceptors (Lipinski definition) is 5. The van der Waals surface area contributed by atoms with Crippen LogP contribution in [0.5, 0.6) is 11.5 Å². The maximum Gasteiger partial charge on any atom is 0.161 e. The summed E-state index contributed by atoms with van der Waals surface area (Å²) in [5.41, 5.74) is 4.60. The number of ether oxygens (including phenoxy) is 2. The quantitative estimate of drug-likeness (QED) is 0.415. The van der Waals surface area contributed by atoms with Crippen LogP contribution in [0.2, 0.25) is 5.02 Å². The van der Waals surface area contributed by atoms with Gasteiger partial charge in [-0.1, -0.05) is 23.7 Å². The van der Waals surface area contributed by atoms with Crippen LogP contribution in [0.1, 0.15) is 18.1 Å². The van der Waals surface area contributed by atoms with Crippen LogP contribution in [0.3, 0.4) is 0 Å². The van der Waals surface area contributed by atoms with Crippen LogP contribution >= 0.6 is 11.6 Å². The first-order valence-electron chi connectivity index (χ1n) is 7.73. The minimum absolute atomic E-state index is 0.0395. The molecule has 0 spiro atoms. The highest BCUT2D eigenvalue weighted by molar-refractivity contribution is 6.30. The van der Waals surface area contributed by atoms with Crippen LogP contribution in [0.4, 0.5) is 0 Å². The highest BCUT2D eigenvalue weighted by Crippen LogP contribution is 2.29. The normalized spacial score (nSPS) is 10.8. The molecule has 2 rings (SSSR count). The predicted molar refractivity (Wildman–Crippen MR) is 96.1 cm³/mol. The Morgan fingerprint density at radius 1 is 1.17 bits per heavy atom. The third-order valence-electron chi connectivity index (χ3n) is 3.08. The molecule has 5 nitrogen and oxygen atoms in total. The highest BCUT2D eigenvalue weighted by atomic mass is 35.5. The Labute approximate surface area is 146 Å². The fourth-order valence-corrected chi connectivity index (χ4v) is 2.23. The fraction of sp³-hybridized carbons (Fsp3) is 0.278. The van der Waals surface area contributed by atoms with Crippen LogP contribution in [0.25, 0.3) is 0 Å². The number of hydrogen-bond donors (Lipinski definition) is 2. The maximum atomic E-state index is 8.70. The first kappa shape index (κ1) is 18.1. The molecule has 0 fully saturated rings. The van der Waals surface area contributed by atoms with Crippen molar-refractivity contribution in [3.05, 3.63) is 58.6 Å². The minimum atomic E-state index is 0.0395. The summed E-state index contributed by atoms with van der Waals surface area (Å²) in [6.07, 6.45) is 1.67. The van der Waals surface area contributed by atoms with Gasteiger partial charge < -0.3 is 20.0 Å². The summed E-state index contributed by atoms with van der Waals surface area (Å²) >= 11 is 5.98. The average Bonchev–Trinajstić information content (AvgIpc) is 2.58. The minimum Gasteiger partial charge on any atom is -0.490 e.